The van der Waals surface area contributed by atoms with E-state index >= 15 is 0 Å². The number of rotatable bonds is 5. The number of benzene rings is 3. The van der Waals surface area contributed by atoms with E-state index < -0.39 is 16.1 Å². The summed E-state index contributed by atoms with van der Waals surface area (Å²) in [5.41, 5.74) is 5.01. The van der Waals surface area contributed by atoms with Crippen LogP contribution in [0.1, 0.15) is 48.1 Å². The van der Waals surface area contributed by atoms with Crippen LogP contribution in [0.5, 0.6) is 5.75 Å². The lowest BCUT2D eigenvalue weighted by Crippen LogP contribution is -2.51. The van der Waals surface area contributed by atoms with Crippen LogP contribution in [-0.4, -0.2) is 27.0 Å². The van der Waals surface area contributed by atoms with Gasteiger partial charge >= 0.3 is 0 Å². The van der Waals surface area contributed by atoms with Crippen LogP contribution in [0.15, 0.2) is 65.6 Å². The number of anilines is 1. The highest BCUT2D eigenvalue weighted by atomic mass is 35.5. The summed E-state index contributed by atoms with van der Waals surface area (Å²) in [5, 5.41) is 3.40. The Morgan fingerprint density at radius 3 is 2.50 bits per heavy atom. The number of carbonyl (C=O) groups is 1. The van der Waals surface area contributed by atoms with E-state index in [-0.39, 0.29) is 23.4 Å². The molecule has 0 unspecified atom stereocenters. The zero-order chi connectivity index (χ0) is 25.4. The number of nitrogens with one attached hydrogen (secondary N) is 1. The van der Waals surface area contributed by atoms with Crippen molar-refractivity contribution in [2.75, 3.05) is 10.8 Å². The Kier molecular flexibility index (Phi) is 6.70. The molecule has 1 heterocycles. The molecule has 3 aromatic rings. The molecule has 36 heavy (non-hydrogen) atoms. The van der Waals surface area contributed by atoms with Gasteiger partial charge in [-0.1, -0.05) is 47.5 Å². The maximum Gasteiger partial charge on any atom is 0.264 e. The molecule has 1 N–H and O–H groups in total. The summed E-state index contributed by atoms with van der Waals surface area (Å²) in [7, 11) is -3.95. The summed E-state index contributed by atoms with van der Waals surface area (Å²) in [6.45, 7) is 3.66. The van der Waals surface area contributed by atoms with Crippen LogP contribution in [0.25, 0.3) is 0 Å². The first kappa shape index (κ1) is 24.7. The van der Waals surface area contributed by atoms with Crippen LogP contribution in [0.2, 0.25) is 5.02 Å². The number of carbonyl (C=O) groups excluding carboxylic acids is 1. The SMILES string of the molecule is Cc1ccc(S(=O)(=O)N2C[C@@H](C(=O)N[C@@H](C)c3ccc4c(c3)CCCC4)Oc3ccc(Cl)cc32)cc1. The molecule has 0 spiro atoms. The number of ether oxygens (including phenoxy) is 1. The lowest BCUT2D eigenvalue weighted by molar-refractivity contribution is -0.128. The highest BCUT2D eigenvalue weighted by molar-refractivity contribution is 7.92. The molecule has 3 aromatic carbocycles. The van der Waals surface area contributed by atoms with Gasteiger partial charge in [-0.3, -0.25) is 9.10 Å². The summed E-state index contributed by atoms with van der Waals surface area (Å²) >= 11 is 6.19. The molecular formula is C28H29ClN2O4S. The van der Waals surface area contributed by atoms with E-state index in [1.165, 1.54) is 28.3 Å². The third-order valence-electron chi connectivity index (χ3n) is 6.92. The quantitative estimate of drug-likeness (QED) is 0.487. The summed E-state index contributed by atoms with van der Waals surface area (Å²) in [6.07, 6.45) is 3.54. The van der Waals surface area contributed by atoms with Gasteiger partial charge in [0.2, 0.25) is 0 Å². The molecule has 0 aromatic heterocycles. The lowest BCUT2D eigenvalue weighted by atomic mass is 9.89. The minimum Gasteiger partial charge on any atom is -0.476 e. The van der Waals surface area contributed by atoms with E-state index in [2.05, 4.69) is 23.5 Å². The van der Waals surface area contributed by atoms with Crippen molar-refractivity contribution in [1.29, 1.82) is 0 Å². The van der Waals surface area contributed by atoms with Crippen LogP contribution in [0, 0.1) is 6.92 Å². The summed E-state index contributed by atoms with van der Waals surface area (Å²) in [5.74, 6) is -0.0761. The lowest BCUT2D eigenvalue weighted by Gasteiger charge is -2.35. The van der Waals surface area contributed by atoms with Crippen molar-refractivity contribution < 1.29 is 17.9 Å². The third-order valence-corrected chi connectivity index (χ3v) is 8.95. The maximum absolute atomic E-state index is 13.6. The van der Waals surface area contributed by atoms with Crippen molar-refractivity contribution in [1.82, 2.24) is 5.32 Å². The van der Waals surface area contributed by atoms with Gasteiger partial charge < -0.3 is 10.1 Å². The number of sulfonamides is 1. The van der Waals surface area contributed by atoms with Gasteiger partial charge in [0.25, 0.3) is 15.9 Å². The van der Waals surface area contributed by atoms with E-state index in [4.69, 9.17) is 16.3 Å². The molecule has 5 rings (SSSR count). The van der Waals surface area contributed by atoms with Gasteiger partial charge in [-0.05, 0) is 86.6 Å². The Labute approximate surface area is 217 Å². The van der Waals surface area contributed by atoms with Gasteiger partial charge in [0, 0.05) is 5.02 Å². The average Bonchev–Trinajstić information content (AvgIpc) is 2.87. The van der Waals surface area contributed by atoms with Crippen molar-refractivity contribution in [2.45, 2.75) is 56.6 Å². The monoisotopic (exact) mass is 524 g/mol. The van der Waals surface area contributed by atoms with Crippen LogP contribution in [-0.2, 0) is 27.7 Å². The maximum atomic E-state index is 13.6. The molecule has 0 radical (unpaired) electrons. The fourth-order valence-corrected chi connectivity index (χ4v) is 6.47. The Hall–Kier alpha value is -3.03. The molecule has 0 bridgehead atoms. The standard InChI is InChI=1S/C28H29ClN2O4S/c1-18-7-12-24(13-8-18)36(33,34)31-17-27(35-26-14-11-23(29)16-25(26)31)28(32)30-19(2)21-10-9-20-5-3-4-6-22(20)15-21/h7-16,19,27H,3-6,17H2,1-2H3,(H,30,32)/t19-,27-/m0/s1. The smallest absolute Gasteiger partial charge is 0.264 e. The average molecular weight is 525 g/mol. The van der Waals surface area contributed by atoms with Crippen LogP contribution >= 0.6 is 11.6 Å². The zero-order valence-corrected chi connectivity index (χ0v) is 21.9. The first-order valence-electron chi connectivity index (χ1n) is 12.2. The van der Waals surface area contributed by atoms with Crippen molar-refractivity contribution in [3.63, 3.8) is 0 Å². The molecule has 1 aliphatic carbocycles. The molecule has 2 aliphatic rings. The molecule has 8 heteroatoms. The number of hydrogen-bond donors (Lipinski definition) is 1. The van der Waals surface area contributed by atoms with Crippen molar-refractivity contribution in [2.24, 2.45) is 0 Å². The molecule has 0 saturated carbocycles. The number of hydrogen-bond acceptors (Lipinski definition) is 4. The van der Waals surface area contributed by atoms with E-state index in [1.54, 1.807) is 42.5 Å². The van der Waals surface area contributed by atoms with Gasteiger partial charge in [-0.2, -0.15) is 0 Å². The van der Waals surface area contributed by atoms with Gasteiger partial charge in [-0.25, -0.2) is 8.42 Å². The zero-order valence-electron chi connectivity index (χ0n) is 20.3. The Morgan fingerprint density at radius 1 is 1.03 bits per heavy atom. The van der Waals surface area contributed by atoms with Gasteiger partial charge in [0.05, 0.1) is 23.2 Å². The second-order valence-corrected chi connectivity index (χ2v) is 11.8. The van der Waals surface area contributed by atoms with Crippen molar-refractivity contribution >= 4 is 33.2 Å². The molecule has 188 valence electrons. The number of aryl methyl sites for hydroxylation is 3. The Morgan fingerprint density at radius 2 is 1.75 bits per heavy atom. The largest absolute Gasteiger partial charge is 0.476 e. The first-order valence-corrected chi connectivity index (χ1v) is 14.0. The summed E-state index contributed by atoms with van der Waals surface area (Å²) in [6, 6.07) is 17.5. The normalized spacial score (nSPS) is 18.0. The van der Waals surface area contributed by atoms with E-state index in [1.807, 2.05) is 13.8 Å². The van der Waals surface area contributed by atoms with Gasteiger partial charge in [0.15, 0.2) is 6.10 Å². The molecule has 1 amide bonds. The minimum absolute atomic E-state index is 0.141. The van der Waals surface area contributed by atoms with E-state index in [9.17, 15) is 13.2 Å². The second kappa shape index (κ2) is 9.79. The number of amides is 1. The minimum atomic E-state index is -3.95. The predicted octanol–water partition coefficient (Wildman–Crippen LogP) is 5.36. The predicted molar refractivity (Wildman–Crippen MR) is 141 cm³/mol. The summed E-state index contributed by atoms with van der Waals surface area (Å²) in [4.78, 5) is 13.5. The van der Waals surface area contributed by atoms with E-state index in [0.29, 0.717) is 16.5 Å². The molecule has 2 atom stereocenters. The number of fused-ring (bicyclic) bond motifs is 2. The second-order valence-electron chi connectivity index (χ2n) is 9.53. The van der Waals surface area contributed by atoms with Crippen molar-refractivity contribution in [3.8, 4) is 5.75 Å². The van der Waals surface area contributed by atoms with Crippen LogP contribution < -0.4 is 14.4 Å². The first-order chi connectivity index (χ1) is 17.2. The fourth-order valence-electron chi connectivity index (χ4n) is 4.84. The highest BCUT2D eigenvalue weighted by Crippen LogP contribution is 2.39. The Bertz CT molecular complexity index is 1410. The molecule has 1 aliphatic heterocycles. The topological polar surface area (TPSA) is 75.7 Å². The van der Waals surface area contributed by atoms with Crippen LogP contribution in [0.4, 0.5) is 5.69 Å². The van der Waals surface area contributed by atoms with Crippen molar-refractivity contribution in [3.05, 3.63) is 87.9 Å². The number of halogens is 1. The van der Waals surface area contributed by atoms with Gasteiger partial charge in [0.1, 0.15) is 5.75 Å². The van der Waals surface area contributed by atoms with E-state index in [0.717, 1.165) is 24.0 Å². The Balaban J connectivity index is 1.41. The summed E-state index contributed by atoms with van der Waals surface area (Å²) < 4.78 is 34.4. The van der Waals surface area contributed by atoms with Crippen LogP contribution in [0.3, 0.4) is 0 Å². The third kappa shape index (κ3) is 4.82. The highest BCUT2D eigenvalue weighted by Gasteiger charge is 2.38. The fraction of sp³-hybridized carbons (Fsp3) is 0.321. The number of nitrogens with zero attached hydrogens (tertiary/aromatic N) is 1. The molecule has 0 saturated heterocycles. The molecule has 0 fully saturated rings. The molecular weight excluding hydrogens is 496 g/mol. The molecule has 6 nitrogen and oxygen atoms in total. The van der Waals surface area contributed by atoms with Gasteiger partial charge in [-0.15, -0.1) is 0 Å².